The van der Waals surface area contributed by atoms with E-state index in [-0.39, 0.29) is 30.6 Å². The SMILES string of the molecule is COC(=O)C[C@@H]1C(C)=C[C@H](CC2=C[C@@H](OC(C)=O)[C@H](OC(C)=O)[C@]3(C)C2=CC[C@H]3c2ccoc2)C(=O)OC1(C)C. The molecule has 0 aromatic carbocycles. The second-order valence-corrected chi connectivity index (χ2v) is 11.6. The molecular weight excluding hydrogens is 516 g/mol. The summed E-state index contributed by atoms with van der Waals surface area (Å²) in [6, 6.07) is 1.88. The Morgan fingerprint density at radius 2 is 1.77 bits per heavy atom. The third-order valence-corrected chi connectivity index (χ3v) is 8.56. The molecule has 9 heteroatoms. The normalized spacial score (nSPS) is 31.0. The van der Waals surface area contributed by atoms with Crippen molar-refractivity contribution in [2.75, 3.05) is 7.11 Å². The first-order valence-corrected chi connectivity index (χ1v) is 13.5. The predicted molar refractivity (Wildman–Crippen MR) is 144 cm³/mol. The Kier molecular flexibility index (Phi) is 8.15. The van der Waals surface area contributed by atoms with Crippen molar-refractivity contribution in [2.45, 2.75) is 84.5 Å². The van der Waals surface area contributed by atoms with Crippen molar-refractivity contribution in [3.63, 3.8) is 0 Å². The standard InChI is InChI=1S/C31H38O9/c1-17-12-22(29(35)40-30(4,5)25(17)15-27(34)36-7)13-21-14-26(38-18(2)32)28(39-19(3)33)31(6)23(8-9-24(21)31)20-10-11-37-16-20/h9-12,14,16,22-23,25-26,28H,8,13,15H2,1-7H3/t22-,23+,25-,26-,28+,31+/m1/s1. The van der Waals surface area contributed by atoms with Gasteiger partial charge in [-0.25, -0.2) is 0 Å². The highest BCUT2D eigenvalue weighted by Gasteiger charge is 2.56. The lowest BCUT2D eigenvalue weighted by molar-refractivity contribution is -0.171. The van der Waals surface area contributed by atoms with Crippen molar-refractivity contribution in [3.05, 3.63) is 59.1 Å². The summed E-state index contributed by atoms with van der Waals surface area (Å²) in [5, 5.41) is 0. The van der Waals surface area contributed by atoms with E-state index in [2.05, 4.69) is 6.08 Å². The fourth-order valence-electron chi connectivity index (χ4n) is 6.71. The molecule has 4 rings (SSSR count). The van der Waals surface area contributed by atoms with Crippen LogP contribution in [-0.2, 0) is 38.1 Å². The minimum Gasteiger partial charge on any atom is -0.472 e. The molecule has 1 aromatic heterocycles. The van der Waals surface area contributed by atoms with E-state index >= 15 is 0 Å². The third-order valence-electron chi connectivity index (χ3n) is 8.56. The highest BCUT2D eigenvalue weighted by atomic mass is 16.6. The summed E-state index contributed by atoms with van der Waals surface area (Å²) in [4.78, 5) is 50.0. The Labute approximate surface area is 234 Å². The van der Waals surface area contributed by atoms with Gasteiger partial charge < -0.3 is 23.4 Å². The number of ether oxygens (including phenoxy) is 4. The molecule has 0 N–H and O–H groups in total. The number of carbonyl (C=O) groups excluding carboxylic acids is 4. The number of carbonyl (C=O) groups is 4. The molecular formula is C31H38O9. The maximum Gasteiger partial charge on any atom is 0.313 e. The molecule has 6 atom stereocenters. The molecule has 0 saturated heterocycles. The van der Waals surface area contributed by atoms with E-state index in [0.717, 1.165) is 22.3 Å². The van der Waals surface area contributed by atoms with Crippen LogP contribution in [0.25, 0.3) is 0 Å². The van der Waals surface area contributed by atoms with Crippen LogP contribution in [0.5, 0.6) is 0 Å². The number of esters is 4. The Morgan fingerprint density at radius 3 is 2.38 bits per heavy atom. The van der Waals surface area contributed by atoms with E-state index in [1.165, 1.54) is 21.0 Å². The lowest BCUT2D eigenvalue weighted by atomic mass is 9.62. The molecule has 3 aliphatic rings. The molecule has 40 heavy (non-hydrogen) atoms. The average Bonchev–Trinajstić information content (AvgIpc) is 3.49. The van der Waals surface area contributed by atoms with Crippen LogP contribution in [0, 0.1) is 17.3 Å². The summed E-state index contributed by atoms with van der Waals surface area (Å²) in [5.41, 5.74) is 1.86. The largest absolute Gasteiger partial charge is 0.472 e. The molecule has 0 spiro atoms. The monoisotopic (exact) mass is 554 g/mol. The van der Waals surface area contributed by atoms with E-state index in [9.17, 15) is 19.2 Å². The van der Waals surface area contributed by atoms with Gasteiger partial charge in [0.1, 0.15) is 5.60 Å². The second-order valence-electron chi connectivity index (χ2n) is 11.6. The molecule has 9 nitrogen and oxygen atoms in total. The summed E-state index contributed by atoms with van der Waals surface area (Å²) in [6.07, 6.45) is 8.40. The molecule has 2 heterocycles. The number of fused-ring (bicyclic) bond motifs is 1. The first-order chi connectivity index (χ1) is 18.8. The zero-order valence-corrected chi connectivity index (χ0v) is 24.1. The van der Waals surface area contributed by atoms with E-state index in [4.69, 9.17) is 23.4 Å². The number of cyclic esters (lactones) is 1. The quantitative estimate of drug-likeness (QED) is 0.261. The summed E-state index contributed by atoms with van der Waals surface area (Å²) < 4.78 is 27.8. The summed E-state index contributed by atoms with van der Waals surface area (Å²) >= 11 is 0. The van der Waals surface area contributed by atoms with Crippen LogP contribution in [0.15, 0.2) is 58.0 Å². The first kappa shape index (κ1) is 29.4. The van der Waals surface area contributed by atoms with Gasteiger partial charge in [-0.15, -0.1) is 0 Å². The first-order valence-electron chi connectivity index (χ1n) is 13.5. The predicted octanol–water partition coefficient (Wildman–Crippen LogP) is 4.97. The zero-order valence-electron chi connectivity index (χ0n) is 24.1. The summed E-state index contributed by atoms with van der Waals surface area (Å²) in [6.45, 7) is 10.1. The van der Waals surface area contributed by atoms with Crippen LogP contribution < -0.4 is 0 Å². The van der Waals surface area contributed by atoms with Crippen LogP contribution in [0.3, 0.4) is 0 Å². The van der Waals surface area contributed by atoms with Gasteiger partial charge in [0.15, 0.2) is 12.2 Å². The van der Waals surface area contributed by atoms with Crippen molar-refractivity contribution in [1.29, 1.82) is 0 Å². The van der Waals surface area contributed by atoms with E-state index in [1.54, 1.807) is 32.4 Å². The van der Waals surface area contributed by atoms with Gasteiger partial charge in [-0.05, 0) is 62.5 Å². The molecule has 0 radical (unpaired) electrons. The fourth-order valence-corrected chi connectivity index (χ4v) is 6.71. The van der Waals surface area contributed by atoms with Crippen LogP contribution in [-0.4, -0.2) is 48.8 Å². The molecule has 0 amide bonds. The van der Waals surface area contributed by atoms with Crippen LogP contribution in [0.4, 0.5) is 0 Å². The van der Waals surface area contributed by atoms with Crippen LogP contribution >= 0.6 is 0 Å². The number of methoxy groups -OCH3 is 1. The molecule has 216 valence electrons. The van der Waals surface area contributed by atoms with Gasteiger partial charge in [0.05, 0.1) is 32.0 Å². The van der Waals surface area contributed by atoms with E-state index < -0.39 is 47.0 Å². The Balaban J connectivity index is 1.76. The summed E-state index contributed by atoms with van der Waals surface area (Å²) in [7, 11) is 1.33. The maximum atomic E-state index is 13.4. The highest BCUT2D eigenvalue weighted by molar-refractivity contribution is 5.77. The van der Waals surface area contributed by atoms with E-state index in [1.807, 2.05) is 26.0 Å². The van der Waals surface area contributed by atoms with Gasteiger partial charge in [0, 0.05) is 31.1 Å². The molecule has 0 fully saturated rings. The topological polar surface area (TPSA) is 118 Å². The maximum absolute atomic E-state index is 13.4. The van der Waals surface area contributed by atoms with Crippen molar-refractivity contribution in [1.82, 2.24) is 0 Å². The number of allylic oxidation sites excluding steroid dienone is 2. The smallest absolute Gasteiger partial charge is 0.313 e. The summed E-state index contributed by atoms with van der Waals surface area (Å²) in [5.74, 6) is -2.89. The van der Waals surface area contributed by atoms with Crippen molar-refractivity contribution in [2.24, 2.45) is 17.3 Å². The minimum absolute atomic E-state index is 0.0860. The van der Waals surface area contributed by atoms with Gasteiger partial charge >= 0.3 is 23.9 Å². The van der Waals surface area contributed by atoms with Crippen LogP contribution in [0.1, 0.15) is 72.3 Å². The number of rotatable bonds is 7. The highest BCUT2D eigenvalue weighted by Crippen LogP contribution is 2.59. The van der Waals surface area contributed by atoms with Gasteiger partial charge in [0.25, 0.3) is 0 Å². The average molecular weight is 555 g/mol. The van der Waals surface area contributed by atoms with Crippen LogP contribution in [0.2, 0.25) is 0 Å². The van der Waals surface area contributed by atoms with Crippen molar-refractivity contribution in [3.8, 4) is 0 Å². The minimum atomic E-state index is -0.921. The Morgan fingerprint density at radius 1 is 1.07 bits per heavy atom. The molecule has 1 aliphatic heterocycles. The zero-order chi connectivity index (χ0) is 29.4. The van der Waals surface area contributed by atoms with Gasteiger partial charge in [-0.3, -0.25) is 19.2 Å². The lowest BCUT2D eigenvalue weighted by Gasteiger charge is -2.46. The second kappa shape index (κ2) is 11.1. The van der Waals surface area contributed by atoms with Crippen molar-refractivity contribution < 1.29 is 42.5 Å². The molecule has 0 saturated carbocycles. The lowest BCUT2D eigenvalue weighted by Crippen LogP contribution is -2.51. The van der Waals surface area contributed by atoms with Gasteiger partial charge in [-0.2, -0.15) is 0 Å². The third kappa shape index (κ3) is 5.51. The Hall–Kier alpha value is -3.62. The molecule has 2 aliphatic carbocycles. The molecule has 1 aromatic rings. The molecule has 0 unspecified atom stereocenters. The number of hydrogen-bond donors (Lipinski definition) is 0. The van der Waals surface area contributed by atoms with Gasteiger partial charge in [0.2, 0.25) is 0 Å². The van der Waals surface area contributed by atoms with E-state index in [0.29, 0.717) is 6.42 Å². The number of furan rings is 1. The molecule has 0 bridgehead atoms. The van der Waals surface area contributed by atoms with Gasteiger partial charge in [-0.1, -0.05) is 24.6 Å². The fraction of sp³-hybridized carbons (Fsp3) is 0.548. The van der Waals surface area contributed by atoms with Crippen molar-refractivity contribution >= 4 is 23.9 Å². The number of hydrogen-bond acceptors (Lipinski definition) is 9. The Bertz CT molecular complexity index is 1270.